The number of alkyl halides is 2. The van der Waals surface area contributed by atoms with Gasteiger partial charge in [0.25, 0.3) is 5.92 Å². The molecule has 0 unspecified atom stereocenters. The van der Waals surface area contributed by atoms with Crippen LogP contribution >= 0.6 is 0 Å². The Hall–Kier alpha value is -1.00. The summed E-state index contributed by atoms with van der Waals surface area (Å²) in [5.41, 5.74) is 1.08. The molecule has 0 spiro atoms. The van der Waals surface area contributed by atoms with Crippen LogP contribution in [0.4, 0.5) is 8.78 Å². The molecule has 0 atom stereocenters. The highest BCUT2D eigenvalue weighted by atomic mass is 19.3. The largest absolute Gasteiger partial charge is 0.310 e. The highest BCUT2D eigenvalue weighted by molar-refractivity contribution is 5.14. The smallest absolute Gasteiger partial charge is 0.272 e. The lowest BCUT2D eigenvalue weighted by Crippen LogP contribution is -2.38. The molecule has 1 aromatic carbocycles. The molecule has 0 aromatic heterocycles. The van der Waals surface area contributed by atoms with Gasteiger partial charge in [0.15, 0.2) is 0 Å². The maximum atomic E-state index is 13.3. The summed E-state index contributed by atoms with van der Waals surface area (Å²) in [5.74, 6) is -2.62. The van der Waals surface area contributed by atoms with E-state index in [1.165, 1.54) is 0 Å². The lowest BCUT2D eigenvalue weighted by molar-refractivity contribution is -0.0200. The van der Waals surface area contributed by atoms with E-state index in [9.17, 15) is 8.78 Å². The molecule has 1 saturated heterocycles. The highest BCUT2D eigenvalue weighted by Gasteiger charge is 2.33. The second-order valence-corrected chi connectivity index (χ2v) is 4.23. The van der Waals surface area contributed by atoms with Gasteiger partial charge in [-0.15, -0.1) is 0 Å². The Kier molecular flexibility index (Phi) is 3.51. The molecule has 1 aromatic rings. The summed E-state index contributed by atoms with van der Waals surface area (Å²) >= 11 is 0. The van der Waals surface area contributed by atoms with E-state index in [-0.39, 0.29) is 13.1 Å². The van der Waals surface area contributed by atoms with E-state index in [0.29, 0.717) is 19.6 Å². The second-order valence-electron chi connectivity index (χ2n) is 4.23. The lowest BCUT2D eigenvalue weighted by atomic mass is 10.2. The summed E-state index contributed by atoms with van der Waals surface area (Å²) in [4.78, 5) is 1.80. The van der Waals surface area contributed by atoms with Crippen LogP contribution in [0.2, 0.25) is 0 Å². The van der Waals surface area contributed by atoms with Gasteiger partial charge in [0.2, 0.25) is 0 Å². The zero-order valence-electron chi connectivity index (χ0n) is 9.13. The van der Waals surface area contributed by atoms with Crippen molar-refractivity contribution in [1.29, 1.82) is 0 Å². The Bertz CT molecular complexity index is 327. The van der Waals surface area contributed by atoms with Gasteiger partial charge in [0, 0.05) is 19.6 Å². The Balaban J connectivity index is 1.98. The van der Waals surface area contributed by atoms with Gasteiger partial charge in [-0.1, -0.05) is 30.3 Å². The summed E-state index contributed by atoms with van der Waals surface area (Å²) in [5, 5.41) is 2.76. The van der Waals surface area contributed by atoms with Crippen LogP contribution < -0.4 is 5.32 Å². The van der Waals surface area contributed by atoms with Crippen molar-refractivity contribution >= 4 is 0 Å². The van der Waals surface area contributed by atoms with Crippen LogP contribution in [0.1, 0.15) is 5.56 Å². The summed E-state index contributed by atoms with van der Waals surface area (Å²) in [7, 11) is 0. The first-order valence-corrected chi connectivity index (χ1v) is 5.51. The average Bonchev–Trinajstić information content (AvgIpc) is 2.40. The quantitative estimate of drug-likeness (QED) is 0.826. The molecule has 2 nitrogen and oxygen atoms in total. The van der Waals surface area contributed by atoms with Gasteiger partial charge < -0.3 is 5.32 Å². The molecule has 1 N–H and O–H groups in total. The summed E-state index contributed by atoms with van der Waals surface area (Å²) in [6.45, 7) is 1.53. The predicted molar refractivity (Wildman–Crippen MR) is 59.5 cm³/mol. The van der Waals surface area contributed by atoms with Gasteiger partial charge in [-0.25, -0.2) is 8.78 Å². The average molecular weight is 226 g/mol. The van der Waals surface area contributed by atoms with Crippen LogP contribution in [-0.4, -0.2) is 37.0 Å². The third-order valence-corrected chi connectivity index (χ3v) is 2.69. The Labute approximate surface area is 94.3 Å². The summed E-state index contributed by atoms with van der Waals surface area (Å²) in [6, 6.07) is 9.74. The maximum Gasteiger partial charge on any atom is 0.272 e. The Morgan fingerprint density at radius 2 is 2.00 bits per heavy atom. The van der Waals surface area contributed by atoms with Crippen LogP contribution in [0.25, 0.3) is 0 Å². The SMILES string of the molecule is FC1(F)CNCCN(Cc2ccccc2)C1. The van der Waals surface area contributed by atoms with Crippen molar-refractivity contribution in [1.82, 2.24) is 10.2 Å². The monoisotopic (exact) mass is 226 g/mol. The normalized spacial score (nSPS) is 21.6. The lowest BCUT2D eigenvalue weighted by Gasteiger charge is -2.23. The Morgan fingerprint density at radius 3 is 2.75 bits per heavy atom. The number of nitrogens with zero attached hydrogens (tertiary/aromatic N) is 1. The van der Waals surface area contributed by atoms with Crippen molar-refractivity contribution in [3.63, 3.8) is 0 Å². The van der Waals surface area contributed by atoms with Gasteiger partial charge in [-0.3, -0.25) is 4.90 Å². The summed E-state index contributed by atoms with van der Waals surface area (Å²) < 4.78 is 26.6. The molecule has 1 aliphatic heterocycles. The zero-order valence-corrected chi connectivity index (χ0v) is 9.13. The van der Waals surface area contributed by atoms with Gasteiger partial charge in [0.1, 0.15) is 0 Å². The predicted octanol–water partition coefficient (Wildman–Crippen LogP) is 1.73. The first-order chi connectivity index (χ1) is 7.66. The van der Waals surface area contributed by atoms with Crippen molar-refractivity contribution in [3.8, 4) is 0 Å². The number of nitrogens with one attached hydrogen (secondary N) is 1. The fourth-order valence-corrected chi connectivity index (χ4v) is 1.95. The number of hydrogen-bond donors (Lipinski definition) is 1. The van der Waals surface area contributed by atoms with Crippen LogP contribution in [0.3, 0.4) is 0 Å². The maximum absolute atomic E-state index is 13.3. The fraction of sp³-hybridized carbons (Fsp3) is 0.500. The van der Waals surface area contributed by atoms with E-state index >= 15 is 0 Å². The van der Waals surface area contributed by atoms with E-state index in [1.807, 2.05) is 30.3 Å². The van der Waals surface area contributed by atoms with E-state index in [0.717, 1.165) is 5.56 Å². The van der Waals surface area contributed by atoms with Crippen molar-refractivity contribution in [3.05, 3.63) is 35.9 Å². The zero-order chi connectivity index (χ0) is 11.4. The minimum atomic E-state index is -2.62. The fourth-order valence-electron chi connectivity index (χ4n) is 1.95. The molecule has 0 radical (unpaired) electrons. The molecule has 0 saturated carbocycles. The first-order valence-electron chi connectivity index (χ1n) is 5.51. The van der Waals surface area contributed by atoms with Crippen LogP contribution in [0.5, 0.6) is 0 Å². The van der Waals surface area contributed by atoms with E-state index in [2.05, 4.69) is 5.32 Å². The molecular formula is C12H16F2N2. The van der Waals surface area contributed by atoms with Crippen molar-refractivity contribution in [2.24, 2.45) is 0 Å². The molecule has 1 fully saturated rings. The van der Waals surface area contributed by atoms with Gasteiger partial charge >= 0.3 is 0 Å². The van der Waals surface area contributed by atoms with Gasteiger partial charge in [-0.05, 0) is 5.56 Å². The molecule has 88 valence electrons. The van der Waals surface area contributed by atoms with E-state index in [1.54, 1.807) is 4.90 Å². The number of benzene rings is 1. The Morgan fingerprint density at radius 1 is 1.25 bits per heavy atom. The molecule has 4 heteroatoms. The highest BCUT2D eigenvalue weighted by Crippen LogP contribution is 2.17. The number of halogens is 2. The van der Waals surface area contributed by atoms with Crippen LogP contribution in [0.15, 0.2) is 30.3 Å². The van der Waals surface area contributed by atoms with Crippen molar-refractivity contribution in [2.75, 3.05) is 26.2 Å². The molecule has 0 amide bonds. The number of rotatable bonds is 2. The van der Waals surface area contributed by atoms with Gasteiger partial charge in [-0.2, -0.15) is 0 Å². The molecule has 1 aliphatic rings. The van der Waals surface area contributed by atoms with Crippen LogP contribution in [-0.2, 0) is 6.54 Å². The standard InChI is InChI=1S/C12H16F2N2/c13-12(14)9-15-6-7-16(10-12)8-11-4-2-1-3-5-11/h1-5,15H,6-10H2. The van der Waals surface area contributed by atoms with Gasteiger partial charge in [0.05, 0.1) is 13.1 Å². The molecule has 0 aliphatic carbocycles. The van der Waals surface area contributed by atoms with Crippen molar-refractivity contribution in [2.45, 2.75) is 12.5 Å². The topological polar surface area (TPSA) is 15.3 Å². The van der Waals surface area contributed by atoms with Crippen LogP contribution in [0, 0.1) is 0 Å². The third-order valence-electron chi connectivity index (χ3n) is 2.69. The first kappa shape index (κ1) is 11.5. The minimum absolute atomic E-state index is 0.158. The molecule has 2 rings (SSSR count). The second kappa shape index (κ2) is 4.89. The molecule has 1 heterocycles. The minimum Gasteiger partial charge on any atom is -0.310 e. The molecular weight excluding hydrogens is 210 g/mol. The van der Waals surface area contributed by atoms with E-state index in [4.69, 9.17) is 0 Å². The van der Waals surface area contributed by atoms with Crippen molar-refractivity contribution < 1.29 is 8.78 Å². The summed E-state index contributed by atoms with van der Waals surface area (Å²) in [6.07, 6.45) is 0. The third kappa shape index (κ3) is 3.25. The van der Waals surface area contributed by atoms with E-state index < -0.39 is 5.92 Å². The molecule has 0 bridgehead atoms. The number of hydrogen-bond acceptors (Lipinski definition) is 2. The molecule has 16 heavy (non-hydrogen) atoms.